The summed E-state index contributed by atoms with van der Waals surface area (Å²) in [7, 11) is 0. The van der Waals surface area contributed by atoms with E-state index in [4.69, 9.17) is 16.7 Å². The third-order valence-electron chi connectivity index (χ3n) is 3.65. The Morgan fingerprint density at radius 2 is 1.82 bits per heavy atom. The van der Waals surface area contributed by atoms with Crippen molar-refractivity contribution in [2.45, 2.75) is 6.42 Å². The molecule has 8 nitrogen and oxygen atoms in total. The van der Waals surface area contributed by atoms with Gasteiger partial charge in [0.2, 0.25) is 0 Å². The van der Waals surface area contributed by atoms with Crippen LogP contribution in [-0.4, -0.2) is 35.0 Å². The number of halogens is 1. The number of aliphatic hydroxyl groups is 1. The third-order valence-corrected chi connectivity index (χ3v) is 3.98. The number of carbonyl (C=O) groups is 2. The molecule has 0 atom stereocenters. The molecule has 9 heteroatoms. The quantitative estimate of drug-likeness (QED) is 0.270. The van der Waals surface area contributed by atoms with Gasteiger partial charge in [0.25, 0.3) is 17.5 Å². The van der Waals surface area contributed by atoms with E-state index in [1.54, 1.807) is 18.2 Å². The molecule has 0 saturated carbocycles. The maximum Gasteiger partial charge on any atom is 0.269 e. The van der Waals surface area contributed by atoms with Crippen LogP contribution in [0.3, 0.4) is 0 Å². The van der Waals surface area contributed by atoms with Gasteiger partial charge in [0.05, 0.1) is 15.5 Å². The molecule has 0 aliphatic heterocycles. The van der Waals surface area contributed by atoms with Crippen molar-refractivity contribution in [1.29, 1.82) is 0 Å². The van der Waals surface area contributed by atoms with E-state index in [0.29, 0.717) is 12.0 Å². The van der Waals surface area contributed by atoms with Crippen LogP contribution in [0.2, 0.25) is 5.02 Å². The number of aliphatic hydroxyl groups excluding tert-OH is 1. The molecule has 0 spiro atoms. The van der Waals surface area contributed by atoms with E-state index < -0.39 is 16.7 Å². The summed E-state index contributed by atoms with van der Waals surface area (Å²) >= 11 is 6.02. The summed E-state index contributed by atoms with van der Waals surface area (Å²) in [5.41, 5.74) is 0.530. The smallest absolute Gasteiger partial charge is 0.269 e. The molecule has 2 aromatic carbocycles. The Balaban J connectivity index is 2.28. The average molecular weight is 404 g/mol. The normalized spacial score (nSPS) is 11.0. The van der Waals surface area contributed by atoms with E-state index in [1.165, 1.54) is 36.4 Å². The number of non-ortho nitro benzene ring substituents is 1. The maximum absolute atomic E-state index is 12.5. The molecule has 0 aromatic heterocycles. The van der Waals surface area contributed by atoms with Gasteiger partial charge in [-0.25, -0.2) is 0 Å². The molecule has 0 heterocycles. The van der Waals surface area contributed by atoms with Crippen LogP contribution < -0.4 is 10.6 Å². The van der Waals surface area contributed by atoms with Crippen molar-refractivity contribution in [1.82, 2.24) is 10.6 Å². The summed E-state index contributed by atoms with van der Waals surface area (Å²) in [5, 5.41) is 24.9. The minimum Gasteiger partial charge on any atom is -0.396 e. The predicted octanol–water partition coefficient (Wildman–Crippen LogP) is 2.52. The van der Waals surface area contributed by atoms with Gasteiger partial charge in [0, 0.05) is 25.3 Å². The zero-order valence-corrected chi connectivity index (χ0v) is 15.5. The van der Waals surface area contributed by atoms with Crippen molar-refractivity contribution in [3.8, 4) is 0 Å². The molecule has 28 heavy (non-hydrogen) atoms. The molecule has 3 N–H and O–H groups in total. The van der Waals surface area contributed by atoms with E-state index >= 15 is 0 Å². The molecule has 146 valence electrons. The Kier molecular flexibility index (Phi) is 7.67. The van der Waals surface area contributed by atoms with Gasteiger partial charge < -0.3 is 15.7 Å². The van der Waals surface area contributed by atoms with Crippen LogP contribution in [0.15, 0.2) is 54.2 Å². The van der Waals surface area contributed by atoms with Crippen LogP contribution in [0.25, 0.3) is 6.08 Å². The van der Waals surface area contributed by atoms with E-state index in [-0.39, 0.29) is 35.1 Å². The van der Waals surface area contributed by atoms with Crippen LogP contribution in [0.4, 0.5) is 5.69 Å². The lowest BCUT2D eigenvalue weighted by Gasteiger charge is -2.11. The van der Waals surface area contributed by atoms with Crippen molar-refractivity contribution in [2.75, 3.05) is 13.2 Å². The monoisotopic (exact) mass is 403 g/mol. The minimum atomic E-state index is -0.573. The Labute approximate surface area is 166 Å². The average Bonchev–Trinajstić information content (AvgIpc) is 2.68. The summed E-state index contributed by atoms with van der Waals surface area (Å²) in [5.74, 6) is -1.14. The lowest BCUT2D eigenvalue weighted by Crippen LogP contribution is -2.35. The Hall–Kier alpha value is -3.23. The summed E-state index contributed by atoms with van der Waals surface area (Å²) in [6, 6.07) is 11.9. The highest BCUT2D eigenvalue weighted by atomic mass is 35.5. The number of nitrogens with zero attached hydrogens (tertiary/aromatic N) is 1. The molecule has 0 fully saturated rings. The van der Waals surface area contributed by atoms with Gasteiger partial charge >= 0.3 is 0 Å². The number of carbonyl (C=O) groups excluding carboxylic acids is 2. The lowest BCUT2D eigenvalue weighted by molar-refractivity contribution is -0.384. The number of nitro benzene ring substituents is 1. The Morgan fingerprint density at radius 1 is 1.14 bits per heavy atom. The summed E-state index contributed by atoms with van der Waals surface area (Å²) < 4.78 is 0. The van der Waals surface area contributed by atoms with Crippen molar-refractivity contribution >= 4 is 35.2 Å². The standard InChI is InChI=1S/C19H18ClN3O5/c20-16-5-2-1-4-15(16)18(25)22-17(19(26)21-10-3-11-24)12-13-6-8-14(9-7-13)23(27)28/h1-2,4-9,12,24H,3,10-11H2,(H,21,26)(H,22,25)/b17-12-. The topological polar surface area (TPSA) is 122 Å². The minimum absolute atomic E-state index is 0.0586. The van der Waals surface area contributed by atoms with Gasteiger partial charge in [-0.1, -0.05) is 23.7 Å². The number of benzene rings is 2. The lowest BCUT2D eigenvalue weighted by atomic mass is 10.1. The second-order valence-corrected chi connectivity index (χ2v) is 6.08. The summed E-state index contributed by atoms with van der Waals surface area (Å²) in [4.78, 5) is 35.2. The highest BCUT2D eigenvalue weighted by Crippen LogP contribution is 2.17. The zero-order valence-electron chi connectivity index (χ0n) is 14.7. The van der Waals surface area contributed by atoms with Crippen molar-refractivity contribution < 1.29 is 19.6 Å². The van der Waals surface area contributed by atoms with Gasteiger partial charge in [0.1, 0.15) is 5.70 Å². The number of nitrogens with one attached hydrogen (secondary N) is 2. The van der Waals surface area contributed by atoms with Crippen molar-refractivity contribution in [3.63, 3.8) is 0 Å². The third kappa shape index (κ3) is 5.90. The van der Waals surface area contributed by atoms with Gasteiger partial charge in [-0.05, 0) is 42.3 Å². The van der Waals surface area contributed by atoms with Gasteiger partial charge in [-0.3, -0.25) is 19.7 Å². The molecular formula is C19H18ClN3O5. The van der Waals surface area contributed by atoms with Crippen molar-refractivity contribution in [2.24, 2.45) is 0 Å². The first-order valence-corrected chi connectivity index (χ1v) is 8.71. The second kappa shape index (κ2) is 10.2. The van der Waals surface area contributed by atoms with E-state index in [2.05, 4.69) is 10.6 Å². The summed E-state index contributed by atoms with van der Waals surface area (Å²) in [6.07, 6.45) is 1.75. The van der Waals surface area contributed by atoms with Gasteiger partial charge in [-0.2, -0.15) is 0 Å². The number of hydrogen-bond acceptors (Lipinski definition) is 5. The number of hydrogen-bond donors (Lipinski definition) is 3. The van der Waals surface area contributed by atoms with Crippen LogP contribution in [0.1, 0.15) is 22.3 Å². The van der Waals surface area contributed by atoms with Gasteiger partial charge in [-0.15, -0.1) is 0 Å². The van der Waals surface area contributed by atoms with Gasteiger partial charge in [0.15, 0.2) is 0 Å². The predicted molar refractivity (Wildman–Crippen MR) is 105 cm³/mol. The van der Waals surface area contributed by atoms with Crippen molar-refractivity contribution in [3.05, 3.63) is 80.5 Å². The molecule has 0 radical (unpaired) electrons. The number of amides is 2. The zero-order chi connectivity index (χ0) is 20.5. The molecule has 2 rings (SSSR count). The Bertz CT molecular complexity index is 897. The fraction of sp³-hybridized carbons (Fsp3) is 0.158. The second-order valence-electron chi connectivity index (χ2n) is 5.67. The Morgan fingerprint density at radius 3 is 2.43 bits per heavy atom. The number of nitro groups is 1. The highest BCUT2D eigenvalue weighted by molar-refractivity contribution is 6.34. The van der Waals surface area contributed by atoms with E-state index in [0.717, 1.165) is 0 Å². The largest absolute Gasteiger partial charge is 0.396 e. The molecule has 0 saturated heterocycles. The first kappa shape index (κ1) is 21.1. The first-order valence-electron chi connectivity index (χ1n) is 8.33. The molecule has 0 unspecified atom stereocenters. The van der Waals surface area contributed by atoms with Crippen LogP contribution >= 0.6 is 11.6 Å². The molecular weight excluding hydrogens is 386 g/mol. The number of rotatable bonds is 8. The van der Waals surface area contributed by atoms with E-state index in [1.807, 2.05) is 0 Å². The maximum atomic E-state index is 12.5. The van der Waals surface area contributed by atoms with E-state index in [9.17, 15) is 19.7 Å². The van der Waals surface area contributed by atoms with Crippen LogP contribution in [-0.2, 0) is 4.79 Å². The first-order chi connectivity index (χ1) is 13.4. The fourth-order valence-corrected chi connectivity index (χ4v) is 2.45. The fourth-order valence-electron chi connectivity index (χ4n) is 2.23. The molecule has 2 aromatic rings. The summed E-state index contributed by atoms with van der Waals surface area (Å²) in [6.45, 7) is 0.128. The molecule has 0 aliphatic carbocycles. The molecule has 0 aliphatic rings. The van der Waals surface area contributed by atoms with Crippen LogP contribution in [0, 0.1) is 10.1 Å². The highest BCUT2D eigenvalue weighted by Gasteiger charge is 2.16. The van der Waals surface area contributed by atoms with Crippen LogP contribution in [0.5, 0.6) is 0 Å². The molecule has 0 bridgehead atoms. The molecule has 2 amide bonds. The SMILES string of the molecule is O=C(NCCCO)/C(=C/c1ccc([N+](=O)[O-])cc1)NC(=O)c1ccccc1Cl.